The van der Waals surface area contributed by atoms with Crippen LogP contribution >= 0.6 is 7.82 Å². The van der Waals surface area contributed by atoms with Gasteiger partial charge in [0.2, 0.25) is 0 Å². The molecule has 4 atom stereocenters. The Hall–Kier alpha value is -0.0500. The predicted octanol–water partition coefficient (Wildman–Crippen LogP) is -3.73. The van der Waals surface area contributed by atoms with E-state index in [9.17, 15) is 14.4 Å². The van der Waals surface area contributed by atoms with Gasteiger partial charge in [0, 0.05) is 0 Å². The second-order valence-corrected chi connectivity index (χ2v) is 3.91. The molecule has 1 aliphatic heterocycles. The fourth-order valence-corrected chi connectivity index (χ4v) is 1.44. The van der Waals surface area contributed by atoms with Crippen LogP contribution in [0.4, 0.5) is 0 Å². The van der Waals surface area contributed by atoms with Crippen molar-refractivity contribution in [3.05, 3.63) is 0 Å². The second kappa shape index (κ2) is 4.21. The number of hydrogen-bond acceptors (Lipinski definition) is 8. The minimum Gasteiger partial charge on any atom is -0.790 e. The molecule has 0 unspecified atom stereocenters. The van der Waals surface area contributed by atoms with E-state index in [1.165, 1.54) is 0 Å². The molecule has 0 radical (unpaired) electrons. The maximum atomic E-state index is 10.1. The minimum absolute atomic E-state index is 0.428. The molecule has 0 aliphatic carbocycles. The molecule has 0 saturated carbocycles. The Morgan fingerprint density at radius 2 is 1.86 bits per heavy atom. The Bertz CT molecular complexity index is 238. The normalized spacial score (nSPS) is 39.8. The fraction of sp³-hybridized carbons (Fsp3) is 1.00. The van der Waals surface area contributed by atoms with E-state index in [2.05, 4.69) is 9.26 Å². The van der Waals surface area contributed by atoms with Crippen molar-refractivity contribution in [2.24, 2.45) is 0 Å². The molecule has 3 N–H and O–H groups in total. The van der Waals surface area contributed by atoms with Crippen LogP contribution in [-0.4, -0.2) is 46.5 Å². The van der Waals surface area contributed by atoms with E-state index in [4.69, 9.17) is 15.3 Å². The van der Waals surface area contributed by atoms with Crippen molar-refractivity contribution < 1.29 is 38.9 Å². The maximum absolute atomic E-state index is 10.1. The molecule has 84 valence electrons. The molecule has 0 bridgehead atoms. The summed E-state index contributed by atoms with van der Waals surface area (Å²) in [6.07, 6.45) is -6.51. The molecule has 0 aromatic rings. The van der Waals surface area contributed by atoms with Crippen molar-refractivity contribution in [1.82, 2.24) is 0 Å². The van der Waals surface area contributed by atoms with Crippen molar-refractivity contribution in [3.8, 4) is 0 Å². The van der Waals surface area contributed by atoms with E-state index in [0.717, 1.165) is 0 Å². The molecule has 1 fully saturated rings. The first-order valence-corrected chi connectivity index (χ1v) is 5.13. The second-order valence-electron chi connectivity index (χ2n) is 2.80. The van der Waals surface area contributed by atoms with Crippen LogP contribution in [0.25, 0.3) is 0 Å². The van der Waals surface area contributed by atoms with E-state index < -0.39 is 39.0 Å². The Morgan fingerprint density at radius 3 is 2.36 bits per heavy atom. The summed E-state index contributed by atoms with van der Waals surface area (Å²) in [6.45, 7) is -0.428. The van der Waals surface area contributed by atoms with E-state index in [0.29, 0.717) is 0 Å². The molecule has 1 saturated heterocycles. The zero-order valence-corrected chi connectivity index (χ0v) is 7.74. The summed E-state index contributed by atoms with van der Waals surface area (Å²) in [6, 6.07) is 0. The molecule has 0 aromatic heterocycles. The lowest BCUT2D eigenvalue weighted by atomic mass is 10.1. The smallest absolute Gasteiger partial charge is 0.190 e. The van der Waals surface area contributed by atoms with Crippen LogP contribution in [-0.2, 0) is 13.8 Å². The number of ether oxygens (including phenoxy) is 1. The third-order valence-electron chi connectivity index (χ3n) is 1.69. The molecular formula is C5H9O8P-2. The largest absolute Gasteiger partial charge is 0.790 e. The SMILES string of the molecule is O=P([O-])([O-])O[C@H]1OC[C@@H](O)[C@H](O)[C@H]1O. The highest BCUT2D eigenvalue weighted by Crippen LogP contribution is 2.31. The molecule has 1 heterocycles. The monoisotopic (exact) mass is 228 g/mol. The van der Waals surface area contributed by atoms with Crippen molar-refractivity contribution in [2.45, 2.75) is 24.6 Å². The summed E-state index contributed by atoms with van der Waals surface area (Å²) in [5, 5.41) is 27.1. The van der Waals surface area contributed by atoms with Crippen molar-refractivity contribution in [1.29, 1.82) is 0 Å². The van der Waals surface area contributed by atoms with Crippen LogP contribution < -0.4 is 9.79 Å². The first-order chi connectivity index (χ1) is 6.31. The van der Waals surface area contributed by atoms with Gasteiger partial charge in [-0.3, -0.25) is 0 Å². The molecule has 1 rings (SSSR count). The fourth-order valence-electron chi connectivity index (χ4n) is 0.999. The minimum atomic E-state index is -5.30. The van der Waals surface area contributed by atoms with Crippen LogP contribution in [0.3, 0.4) is 0 Å². The number of aliphatic hydroxyl groups is 3. The number of phosphoric acid groups is 1. The summed E-state index contributed by atoms with van der Waals surface area (Å²) in [5.74, 6) is 0. The van der Waals surface area contributed by atoms with Gasteiger partial charge >= 0.3 is 0 Å². The summed E-state index contributed by atoms with van der Waals surface area (Å²) in [7, 11) is -5.30. The topological polar surface area (TPSA) is 142 Å². The Morgan fingerprint density at radius 1 is 1.29 bits per heavy atom. The number of phosphoric ester groups is 1. The highest BCUT2D eigenvalue weighted by atomic mass is 31.2. The van der Waals surface area contributed by atoms with E-state index in [1.54, 1.807) is 0 Å². The van der Waals surface area contributed by atoms with Crippen molar-refractivity contribution in [3.63, 3.8) is 0 Å². The van der Waals surface area contributed by atoms with Crippen LogP contribution in [0.15, 0.2) is 0 Å². The lowest BCUT2D eigenvalue weighted by Gasteiger charge is -2.40. The molecule has 9 heteroatoms. The van der Waals surface area contributed by atoms with Gasteiger partial charge in [0.15, 0.2) is 6.29 Å². The highest BCUT2D eigenvalue weighted by molar-refractivity contribution is 7.43. The van der Waals surface area contributed by atoms with Gasteiger partial charge in [-0.05, 0) is 0 Å². The van der Waals surface area contributed by atoms with Crippen LogP contribution in [0.5, 0.6) is 0 Å². The first-order valence-electron chi connectivity index (χ1n) is 3.67. The lowest BCUT2D eigenvalue weighted by Crippen LogP contribution is -2.54. The zero-order chi connectivity index (χ0) is 10.9. The van der Waals surface area contributed by atoms with Gasteiger partial charge in [-0.15, -0.1) is 0 Å². The van der Waals surface area contributed by atoms with Gasteiger partial charge < -0.3 is 38.9 Å². The van der Waals surface area contributed by atoms with Crippen LogP contribution in [0.1, 0.15) is 0 Å². The molecule has 1 aliphatic rings. The van der Waals surface area contributed by atoms with Gasteiger partial charge in [0.1, 0.15) is 18.3 Å². The average molecular weight is 228 g/mol. The van der Waals surface area contributed by atoms with E-state index in [1.807, 2.05) is 0 Å². The quantitative estimate of drug-likeness (QED) is 0.409. The highest BCUT2D eigenvalue weighted by Gasteiger charge is 2.38. The Balaban J connectivity index is 2.60. The third-order valence-corrected chi connectivity index (χ3v) is 2.15. The number of aliphatic hydroxyl groups excluding tert-OH is 3. The lowest BCUT2D eigenvalue weighted by molar-refractivity contribution is -0.363. The summed E-state index contributed by atoms with van der Waals surface area (Å²) in [4.78, 5) is 20.3. The molecule has 8 nitrogen and oxygen atoms in total. The van der Waals surface area contributed by atoms with Crippen LogP contribution in [0, 0.1) is 0 Å². The average Bonchev–Trinajstić information content (AvgIpc) is 2.04. The molecule has 0 aromatic carbocycles. The van der Waals surface area contributed by atoms with Gasteiger partial charge in [0.05, 0.1) is 14.4 Å². The zero-order valence-electron chi connectivity index (χ0n) is 6.85. The number of rotatable bonds is 2. The van der Waals surface area contributed by atoms with E-state index in [-0.39, 0.29) is 0 Å². The molecule has 0 amide bonds. The Labute approximate surface area is 78.9 Å². The van der Waals surface area contributed by atoms with Gasteiger partial charge in [0.25, 0.3) is 0 Å². The summed E-state index contributed by atoms with van der Waals surface area (Å²) < 4.78 is 18.5. The van der Waals surface area contributed by atoms with Gasteiger partial charge in [-0.2, -0.15) is 0 Å². The Kier molecular flexibility index (Phi) is 3.62. The predicted molar refractivity (Wildman–Crippen MR) is 36.5 cm³/mol. The van der Waals surface area contributed by atoms with Gasteiger partial charge in [-0.25, -0.2) is 0 Å². The number of hydrogen-bond donors (Lipinski definition) is 3. The van der Waals surface area contributed by atoms with Crippen molar-refractivity contribution >= 4 is 7.82 Å². The molecular weight excluding hydrogens is 219 g/mol. The molecule has 0 spiro atoms. The van der Waals surface area contributed by atoms with Gasteiger partial charge in [-0.1, -0.05) is 0 Å². The first kappa shape index (κ1) is 12.0. The van der Waals surface area contributed by atoms with E-state index >= 15 is 0 Å². The summed E-state index contributed by atoms with van der Waals surface area (Å²) in [5.41, 5.74) is 0. The maximum Gasteiger partial charge on any atom is 0.190 e. The third kappa shape index (κ3) is 2.97. The van der Waals surface area contributed by atoms with Crippen molar-refractivity contribution in [2.75, 3.05) is 6.61 Å². The summed E-state index contributed by atoms with van der Waals surface area (Å²) >= 11 is 0. The molecule has 14 heavy (non-hydrogen) atoms. The van der Waals surface area contributed by atoms with Crippen LogP contribution in [0.2, 0.25) is 0 Å². The standard InChI is InChI=1S/C5H11O8P/c6-2-1-12-5(4(8)3(2)7)13-14(9,10)11/h2-8H,1H2,(H2,9,10,11)/p-2/t2-,3+,4-,5-/m1/s1.